The van der Waals surface area contributed by atoms with Gasteiger partial charge in [-0.2, -0.15) is 13.2 Å². The quantitative estimate of drug-likeness (QED) is 0.782. The van der Waals surface area contributed by atoms with Crippen LogP contribution in [-0.4, -0.2) is 56.5 Å². The number of halogens is 3. The molecule has 0 aromatic heterocycles. The molecule has 6 heteroatoms. The lowest BCUT2D eigenvalue weighted by atomic mass is 9.79. The van der Waals surface area contributed by atoms with E-state index < -0.39 is 12.7 Å². The Hall–Kier alpha value is -0.330. The maximum absolute atomic E-state index is 12.7. The first kappa shape index (κ1) is 17.7. The van der Waals surface area contributed by atoms with E-state index in [1.54, 1.807) is 4.90 Å². The molecule has 0 aromatic rings. The molecule has 1 N–H and O–H groups in total. The molecule has 1 aliphatic rings. The van der Waals surface area contributed by atoms with Gasteiger partial charge in [0.15, 0.2) is 0 Å². The summed E-state index contributed by atoms with van der Waals surface area (Å²) < 4.78 is 43.5. The van der Waals surface area contributed by atoms with Gasteiger partial charge < -0.3 is 10.1 Å². The van der Waals surface area contributed by atoms with Gasteiger partial charge in [-0.1, -0.05) is 6.92 Å². The summed E-state index contributed by atoms with van der Waals surface area (Å²) in [5.41, 5.74) is -0.107. The van der Waals surface area contributed by atoms with Gasteiger partial charge in [0.2, 0.25) is 0 Å². The average Bonchev–Trinajstić information content (AvgIpc) is 2.35. The van der Waals surface area contributed by atoms with E-state index in [0.717, 1.165) is 25.9 Å². The Balaban J connectivity index is 2.73. The molecule has 0 radical (unpaired) electrons. The molecular weight excluding hydrogens is 269 g/mol. The molecule has 0 bridgehead atoms. The first-order valence-corrected chi connectivity index (χ1v) is 7.37. The fourth-order valence-corrected chi connectivity index (χ4v) is 2.67. The van der Waals surface area contributed by atoms with Crippen LogP contribution in [0.3, 0.4) is 0 Å². The summed E-state index contributed by atoms with van der Waals surface area (Å²) in [4.78, 5) is 1.54. The van der Waals surface area contributed by atoms with Crippen molar-refractivity contribution >= 4 is 0 Å². The number of hydrogen-bond acceptors (Lipinski definition) is 3. The molecule has 0 spiro atoms. The van der Waals surface area contributed by atoms with Gasteiger partial charge in [0.1, 0.15) is 0 Å². The van der Waals surface area contributed by atoms with E-state index in [1.165, 1.54) is 0 Å². The fraction of sp³-hybridized carbons (Fsp3) is 1.00. The summed E-state index contributed by atoms with van der Waals surface area (Å²) >= 11 is 0. The van der Waals surface area contributed by atoms with Gasteiger partial charge in [-0.3, -0.25) is 4.90 Å². The molecule has 1 saturated heterocycles. The van der Waals surface area contributed by atoms with E-state index in [-0.39, 0.29) is 11.5 Å². The van der Waals surface area contributed by atoms with E-state index in [2.05, 4.69) is 5.32 Å². The van der Waals surface area contributed by atoms with Crippen molar-refractivity contribution in [3.63, 3.8) is 0 Å². The van der Waals surface area contributed by atoms with Crippen molar-refractivity contribution in [1.29, 1.82) is 0 Å². The fourth-order valence-electron chi connectivity index (χ4n) is 2.67. The molecule has 0 atom stereocenters. The van der Waals surface area contributed by atoms with Crippen LogP contribution in [0.2, 0.25) is 0 Å². The van der Waals surface area contributed by atoms with E-state index in [9.17, 15) is 13.2 Å². The highest BCUT2D eigenvalue weighted by molar-refractivity contribution is 4.88. The summed E-state index contributed by atoms with van der Waals surface area (Å²) in [7, 11) is 0. The second-order valence-electron chi connectivity index (χ2n) is 6.01. The van der Waals surface area contributed by atoms with Crippen LogP contribution in [0, 0.1) is 5.41 Å². The third-order valence-corrected chi connectivity index (χ3v) is 3.95. The molecule has 0 aromatic carbocycles. The first-order chi connectivity index (χ1) is 9.28. The second kappa shape index (κ2) is 7.61. The molecule has 0 saturated carbocycles. The van der Waals surface area contributed by atoms with Gasteiger partial charge in [0.25, 0.3) is 0 Å². The molecule has 0 unspecified atom stereocenters. The third kappa shape index (κ3) is 5.97. The van der Waals surface area contributed by atoms with Crippen LogP contribution in [0.15, 0.2) is 0 Å². The number of nitrogens with zero attached hydrogens (tertiary/aromatic N) is 1. The highest BCUT2D eigenvalue weighted by atomic mass is 19.4. The van der Waals surface area contributed by atoms with Crippen molar-refractivity contribution < 1.29 is 17.9 Å². The van der Waals surface area contributed by atoms with E-state index in [1.807, 2.05) is 20.8 Å². The van der Waals surface area contributed by atoms with Gasteiger partial charge in [0, 0.05) is 32.3 Å². The van der Waals surface area contributed by atoms with Crippen LogP contribution < -0.4 is 5.32 Å². The number of rotatable bonds is 7. The zero-order valence-electron chi connectivity index (χ0n) is 12.7. The number of hydrogen-bond donors (Lipinski definition) is 1. The van der Waals surface area contributed by atoms with Crippen LogP contribution in [0.1, 0.15) is 33.6 Å². The van der Waals surface area contributed by atoms with Gasteiger partial charge >= 0.3 is 6.18 Å². The van der Waals surface area contributed by atoms with Crippen molar-refractivity contribution in [2.24, 2.45) is 5.41 Å². The summed E-state index contributed by atoms with van der Waals surface area (Å²) in [5.74, 6) is 0. The van der Waals surface area contributed by atoms with E-state index in [0.29, 0.717) is 19.8 Å². The average molecular weight is 296 g/mol. The van der Waals surface area contributed by atoms with Crippen LogP contribution in [0.25, 0.3) is 0 Å². The minimum absolute atomic E-state index is 0.107. The topological polar surface area (TPSA) is 24.5 Å². The number of alkyl halides is 3. The Kier molecular flexibility index (Phi) is 6.75. The van der Waals surface area contributed by atoms with Crippen LogP contribution in [0.5, 0.6) is 0 Å². The lowest BCUT2D eigenvalue weighted by Crippen LogP contribution is -2.51. The zero-order chi connectivity index (χ0) is 15.2. The zero-order valence-corrected chi connectivity index (χ0v) is 12.7. The Bertz CT molecular complexity index is 276. The predicted molar refractivity (Wildman–Crippen MR) is 73.8 cm³/mol. The molecule has 0 aliphatic carbocycles. The Morgan fingerprint density at radius 1 is 1.25 bits per heavy atom. The summed E-state index contributed by atoms with van der Waals surface area (Å²) in [6, 6.07) is -0.113. The molecule has 1 heterocycles. The molecule has 20 heavy (non-hydrogen) atoms. The standard InChI is InChI=1S/C14H27F3N2O/c1-4-18-9-13(5-7-20-8-6-13)10-19(12(2)3)11-14(15,16)17/h12,18H,4-11H2,1-3H3. The molecule has 1 aliphatic heterocycles. The second-order valence-corrected chi connectivity index (χ2v) is 6.01. The summed E-state index contributed by atoms with van der Waals surface area (Å²) in [6.07, 6.45) is -2.50. The lowest BCUT2D eigenvalue weighted by Gasteiger charge is -2.42. The van der Waals surface area contributed by atoms with Gasteiger partial charge in [0.05, 0.1) is 6.54 Å². The third-order valence-electron chi connectivity index (χ3n) is 3.95. The largest absolute Gasteiger partial charge is 0.401 e. The SMILES string of the molecule is CCNCC1(CN(CC(F)(F)F)C(C)C)CCOCC1. The molecule has 0 amide bonds. The Morgan fingerprint density at radius 2 is 1.85 bits per heavy atom. The maximum Gasteiger partial charge on any atom is 0.401 e. The summed E-state index contributed by atoms with van der Waals surface area (Å²) in [6.45, 7) is 8.19. The molecule has 3 nitrogen and oxygen atoms in total. The molecule has 1 fully saturated rings. The minimum Gasteiger partial charge on any atom is -0.381 e. The van der Waals surface area contributed by atoms with Gasteiger partial charge in [-0.15, -0.1) is 0 Å². The van der Waals surface area contributed by atoms with Crippen LogP contribution >= 0.6 is 0 Å². The smallest absolute Gasteiger partial charge is 0.381 e. The van der Waals surface area contributed by atoms with Crippen molar-refractivity contribution in [2.75, 3.05) is 39.4 Å². The van der Waals surface area contributed by atoms with Crippen molar-refractivity contribution in [3.05, 3.63) is 0 Å². The van der Waals surface area contributed by atoms with Crippen molar-refractivity contribution in [2.45, 2.75) is 45.8 Å². The maximum atomic E-state index is 12.7. The van der Waals surface area contributed by atoms with Crippen LogP contribution in [0.4, 0.5) is 13.2 Å². The first-order valence-electron chi connectivity index (χ1n) is 7.37. The minimum atomic E-state index is -4.14. The molecule has 120 valence electrons. The number of ether oxygens (including phenoxy) is 1. The monoisotopic (exact) mass is 296 g/mol. The summed E-state index contributed by atoms with van der Waals surface area (Å²) in [5, 5.41) is 3.30. The van der Waals surface area contributed by atoms with Crippen molar-refractivity contribution in [1.82, 2.24) is 10.2 Å². The highest BCUT2D eigenvalue weighted by Crippen LogP contribution is 2.32. The van der Waals surface area contributed by atoms with Crippen LogP contribution in [-0.2, 0) is 4.74 Å². The van der Waals surface area contributed by atoms with E-state index >= 15 is 0 Å². The normalized spacial score (nSPS) is 19.8. The van der Waals surface area contributed by atoms with Crippen molar-refractivity contribution in [3.8, 4) is 0 Å². The molecular formula is C14H27F3N2O. The Morgan fingerprint density at radius 3 is 2.30 bits per heavy atom. The number of nitrogens with one attached hydrogen (secondary N) is 1. The molecule has 1 rings (SSSR count). The predicted octanol–water partition coefficient (Wildman–Crippen LogP) is 2.67. The lowest BCUT2D eigenvalue weighted by molar-refractivity contribution is -0.155. The van der Waals surface area contributed by atoms with Gasteiger partial charge in [-0.25, -0.2) is 0 Å². The van der Waals surface area contributed by atoms with E-state index in [4.69, 9.17) is 4.74 Å². The van der Waals surface area contributed by atoms with Gasteiger partial charge in [-0.05, 0) is 38.6 Å². The highest BCUT2D eigenvalue weighted by Gasteiger charge is 2.38. The Labute approximate surface area is 119 Å².